The number of nitrogens with one attached hydrogen (secondary N) is 1. The summed E-state index contributed by atoms with van der Waals surface area (Å²) in [4.78, 5) is 16.6. The van der Waals surface area contributed by atoms with E-state index in [4.69, 9.17) is 9.47 Å². The number of amides is 1. The zero-order valence-corrected chi connectivity index (χ0v) is 14.6. The standard InChI is InChI=1S/C18H20N4O3/c1-18(2,3)25-15-7-5-6-14-19-17(21-22(14)15)20-16(23)12-8-10-13(24-4)11-9-12/h5-11H,1-4H3,(H,20,21,23). The van der Waals surface area contributed by atoms with Crippen molar-refractivity contribution in [1.29, 1.82) is 0 Å². The number of methoxy groups -OCH3 is 1. The van der Waals surface area contributed by atoms with Gasteiger partial charge in [0.25, 0.3) is 5.91 Å². The van der Waals surface area contributed by atoms with Crippen molar-refractivity contribution in [3.63, 3.8) is 0 Å². The molecule has 1 amide bonds. The van der Waals surface area contributed by atoms with Crippen LogP contribution >= 0.6 is 0 Å². The second kappa shape index (κ2) is 6.43. The van der Waals surface area contributed by atoms with E-state index in [0.717, 1.165) is 0 Å². The topological polar surface area (TPSA) is 77.8 Å². The molecule has 0 aliphatic heterocycles. The molecule has 0 fully saturated rings. The van der Waals surface area contributed by atoms with Gasteiger partial charge in [-0.05, 0) is 51.1 Å². The SMILES string of the molecule is COc1ccc(C(=O)Nc2nc3cccc(OC(C)(C)C)n3n2)cc1. The van der Waals surface area contributed by atoms with Crippen LogP contribution in [0.25, 0.3) is 5.65 Å². The van der Waals surface area contributed by atoms with E-state index in [1.54, 1.807) is 42.0 Å². The quantitative estimate of drug-likeness (QED) is 0.789. The average Bonchev–Trinajstić information content (AvgIpc) is 2.97. The molecule has 3 rings (SSSR count). The number of hydrogen-bond donors (Lipinski definition) is 1. The molecule has 0 spiro atoms. The molecule has 0 saturated carbocycles. The lowest BCUT2D eigenvalue weighted by Crippen LogP contribution is -2.24. The van der Waals surface area contributed by atoms with Gasteiger partial charge >= 0.3 is 0 Å². The van der Waals surface area contributed by atoms with Gasteiger partial charge in [-0.15, -0.1) is 5.10 Å². The van der Waals surface area contributed by atoms with Crippen LogP contribution in [0.15, 0.2) is 42.5 Å². The Morgan fingerprint density at radius 2 is 1.84 bits per heavy atom. The number of anilines is 1. The van der Waals surface area contributed by atoms with Crippen LogP contribution in [0.3, 0.4) is 0 Å². The van der Waals surface area contributed by atoms with Crippen molar-refractivity contribution in [3.05, 3.63) is 48.0 Å². The third-order valence-corrected chi connectivity index (χ3v) is 3.31. The molecule has 1 N–H and O–H groups in total. The van der Waals surface area contributed by atoms with Crippen molar-refractivity contribution in [1.82, 2.24) is 14.6 Å². The molecule has 7 heteroatoms. The number of carbonyl (C=O) groups is 1. The van der Waals surface area contributed by atoms with Crippen LogP contribution in [-0.4, -0.2) is 33.2 Å². The molecule has 25 heavy (non-hydrogen) atoms. The normalized spacial score (nSPS) is 11.4. The maximum atomic E-state index is 12.3. The number of hydrogen-bond acceptors (Lipinski definition) is 5. The second-order valence-electron chi connectivity index (χ2n) is 6.47. The van der Waals surface area contributed by atoms with E-state index in [1.165, 1.54) is 0 Å². The number of nitrogens with zero attached hydrogens (tertiary/aromatic N) is 3. The number of rotatable bonds is 4. The van der Waals surface area contributed by atoms with E-state index in [1.807, 2.05) is 32.9 Å². The lowest BCUT2D eigenvalue weighted by Gasteiger charge is -2.21. The number of aromatic nitrogens is 3. The summed E-state index contributed by atoms with van der Waals surface area (Å²) in [5.74, 6) is 1.16. The smallest absolute Gasteiger partial charge is 0.258 e. The Balaban J connectivity index is 1.84. The van der Waals surface area contributed by atoms with Crippen molar-refractivity contribution in [2.45, 2.75) is 26.4 Å². The number of fused-ring (bicyclic) bond motifs is 1. The van der Waals surface area contributed by atoms with Crippen molar-refractivity contribution in [2.75, 3.05) is 12.4 Å². The number of pyridine rings is 1. The Morgan fingerprint density at radius 1 is 1.12 bits per heavy atom. The zero-order valence-electron chi connectivity index (χ0n) is 14.6. The van der Waals surface area contributed by atoms with Crippen LogP contribution in [0.2, 0.25) is 0 Å². The van der Waals surface area contributed by atoms with Crippen LogP contribution in [-0.2, 0) is 0 Å². The molecule has 0 unspecified atom stereocenters. The summed E-state index contributed by atoms with van der Waals surface area (Å²) in [6.45, 7) is 5.86. The minimum Gasteiger partial charge on any atom is -0.497 e. The van der Waals surface area contributed by atoms with Gasteiger partial charge in [-0.25, -0.2) is 0 Å². The highest BCUT2D eigenvalue weighted by Crippen LogP contribution is 2.20. The van der Waals surface area contributed by atoms with Gasteiger partial charge in [-0.1, -0.05) is 6.07 Å². The molecule has 3 aromatic rings. The minimum absolute atomic E-state index is 0.214. The first-order valence-corrected chi connectivity index (χ1v) is 7.86. The molecular formula is C18H20N4O3. The van der Waals surface area contributed by atoms with E-state index < -0.39 is 0 Å². The first-order chi connectivity index (χ1) is 11.9. The predicted octanol–water partition coefficient (Wildman–Crippen LogP) is 3.17. The Bertz CT molecular complexity index is 895. The van der Waals surface area contributed by atoms with E-state index >= 15 is 0 Å². The Morgan fingerprint density at radius 3 is 2.48 bits per heavy atom. The van der Waals surface area contributed by atoms with Gasteiger partial charge in [0.2, 0.25) is 11.8 Å². The van der Waals surface area contributed by atoms with Gasteiger partial charge in [0, 0.05) is 11.6 Å². The number of ether oxygens (including phenoxy) is 2. The first-order valence-electron chi connectivity index (χ1n) is 7.86. The van der Waals surface area contributed by atoms with E-state index in [9.17, 15) is 4.79 Å². The van der Waals surface area contributed by atoms with E-state index in [-0.39, 0.29) is 17.5 Å². The molecule has 0 aliphatic rings. The Labute approximate surface area is 145 Å². The van der Waals surface area contributed by atoms with Crippen molar-refractivity contribution in [2.24, 2.45) is 0 Å². The molecule has 0 saturated heterocycles. The summed E-state index contributed by atoms with van der Waals surface area (Å²) >= 11 is 0. The summed E-state index contributed by atoms with van der Waals surface area (Å²) < 4.78 is 12.5. The molecule has 130 valence electrons. The summed E-state index contributed by atoms with van der Waals surface area (Å²) in [6, 6.07) is 12.2. The van der Waals surface area contributed by atoms with E-state index in [2.05, 4.69) is 15.4 Å². The average molecular weight is 340 g/mol. The molecule has 2 aromatic heterocycles. The highest BCUT2D eigenvalue weighted by Gasteiger charge is 2.16. The molecule has 0 radical (unpaired) electrons. The van der Waals surface area contributed by atoms with Gasteiger partial charge in [-0.3, -0.25) is 10.1 Å². The Kier molecular flexibility index (Phi) is 4.31. The van der Waals surface area contributed by atoms with Gasteiger partial charge in [0.1, 0.15) is 11.4 Å². The summed E-state index contributed by atoms with van der Waals surface area (Å²) in [5, 5.41) is 7.02. The fourth-order valence-electron chi connectivity index (χ4n) is 2.24. The van der Waals surface area contributed by atoms with Crippen LogP contribution in [0.1, 0.15) is 31.1 Å². The summed E-state index contributed by atoms with van der Waals surface area (Å²) in [6.07, 6.45) is 0. The first kappa shape index (κ1) is 16.8. The third kappa shape index (κ3) is 3.88. The largest absolute Gasteiger partial charge is 0.497 e. The van der Waals surface area contributed by atoms with Crippen molar-refractivity contribution >= 4 is 17.5 Å². The lowest BCUT2D eigenvalue weighted by molar-refractivity contribution is 0.102. The number of carbonyl (C=O) groups excluding carboxylic acids is 1. The van der Waals surface area contributed by atoms with Gasteiger partial charge in [0.15, 0.2) is 5.65 Å². The fraction of sp³-hybridized carbons (Fsp3) is 0.278. The van der Waals surface area contributed by atoms with Crippen molar-refractivity contribution < 1.29 is 14.3 Å². The molecule has 0 aliphatic carbocycles. The monoisotopic (exact) mass is 340 g/mol. The Hall–Kier alpha value is -3.09. The molecule has 7 nitrogen and oxygen atoms in total. The van der Waals surface area contributed by atoms with Gasteiger partial charge in [0.05, 0.1) is 7.11 Å². The second-order valence-corrected chi connectivity index (χ2v) is 6.47. The summed E-state index contributed by atoms with van der Waals surface area (Å²) in [7, 11) is 1.58. The van der Waals surface area contributed by atoms with Gasteiger partial charge in [-0.2, -0.15) is 9.50 Å². The maximum Gasteiger partial charge on any atom is 0.258 e. The maximum absolute atomic E-state index is 12.3. The fourth-order valence-corrected chi connectivity index (χ4v) is 2.24. The molecular weight excluding hydrogens is 320 g/mol. The third-order valence-electron chi connectivity index (χ3n) is 3.31. The van der Waals surface area contributed by atoms with E-state index in [0.29, 0.717) is 22.8 Å². The lowest BCUT2D eigenvalue weighted by atomic mass is 10.2. The van der Waals surface area contributed by atoms with Crippen LogP contribution in [0.5, 0.6) is 11.6 Å². The zero-order chi connectivity index (χ0) is 18.0. The highest BCUT2D eigenvalue weighted by molar-refractivity contribution is 6.03. The van der Waals surface area contributed by atoms with Crippen molar-refractivity contribution in [3.8, 4) is 11.6 Å². The minimum atomic E-state index is -0.368. The molecule has 0 atom stereocenters. The number of benzene rings is 1. The highest BCUT2D eigenvalue weighted by atomic mass is 16.5. The van der Waals surface area contributed by atoms with Crippen LogP contribution in [0.4, 0.5) is 5.95 Å². The molecule has 2 heterocycles. The molecule has 0 bridgehead atoms. The summed E-state index contributed by atoms with van der Waals surface area (Å²) in [5.41, 5.74) is 0.713. The predicted molar refractivity (Wildman–Crippen MR) is 94.3 cm³/mol. The van der Waals surface area contributed by atoms with Gasteiger partial charge < -0.3 is 9.47 Å². The van der Waals surface area contributed by atoms with Crippen LogP contribution in [0, 0.1) is 0 Å². The molecule has 1 aromatic carbocycles. The van der Waals surface area contributed by atoms with Crippen LogP contribution < -0.4 is 14.8 Å².